The van der Waals surface area contributed by atoms with E-state index in [9.17, 15) is 13.2 Å². The van der Waals surface area contributed by atoms with Crippen molar-refractivity contribution in [2.24, 2.45) is 17.8 Å². The van der Waals surface area contributed by atoms with Gasteiger partial charge in [-0.15, -0.1) is 0 Å². The van der Waals surface area contributed by atoms with E-state index in [0.29, 0.717) is 38.0 Å². The Labute approximate surface area is 158 Å². The van der Waals surface area contributed by atoms with Crippen molar-refractivity contribution in [1.82, 2.24) is 13.9 Å². The second-order valence-corrected chi connectivity index (χ2v) is 10.5. The third kappa shape index (κ3) is 4.42. The maximum atomic E-state index is 12.9. The van der Waals surface area contributed by atoms with E-state index in [1.54, 1.807) is 8.61 Å². The van der Waals surface area contributed by atoms with E-state index in [1.165, 1.54) is 6.42 Å². The summed E-state index contributed by atoms with van der Waals surface area (Å²) in [6.07, 6.45) is 7.98. The highest BCUT2D eigenvalue weighted by Gasteiger charge is 2.37. The predicted molar refractivity (Wildman–Crippen MR) is 103 cm³/mol. The lowest BCUT2D eigenvalue weighted by molar-refractivity contribution is -0.127. The molecule has 1 N–H and O–H groups in total. The molecule has 7 heteroatoms. The normalized spacial score (nSPS) is 35.2. The van der Waals surface area contributed by atoms with Crippen molar-refractivity contribution in [3.8, 4) is 0 Å². The first kappa shape index (κ1) is 20.1. The number of amides is 1. The van der Waals surface area contributed by atoms with Crippen LogP contribution in [0.25, 0.3) is 0 Å². The summed E-state index contributed by atoms with van der Waals surface area (Å²) >= 11 is 0. The highest BCUT2D eigenvalue weighted by molar-refractivity contribution is 7.86. The predicted octanol–water partition coefficient (Wildman–Crippen LogP) is 2.37. The van der Waals surface area contributed by atoms with Crippen molar-refractivity contribution in [3.63, 3.8) is 0 Å². The Morgan fingerprint density at radius 2 is 1.58 bits per heavy atom. The fourth-order valence-corrected chi connectivity index (χ4v) is 6.49. The fourth-order valence-electron chi connectivity index (χ4n) is 4.71. The van der Waals surface area contributed by atoms with Gasteiger partial charge >= 0.3 is 0 Å². The minimum Gasteiger partial charge on any atom is -0.353 e. The Morgan fingerprint density at radius 3 is 2.31 bits per heavy atom. The van der Waals surface area contributed by atoms with Gasteiger partial charge in [0.2, 0.25) is 5.91 Å². The summed E-state index contributed by atoms with van der Waals surface area (Å²) in [4.78, 5) is 12.8. The quantitative estimate of drug-likeness (QED) is 0.808. The molecule has 2 heterocycles. The van der Waals surface area contributed by atoms with Crippen LogP contribution >= 0.6 is 0 Å². The SMILES string of the molecule is CC1CCCC(NC(=O)C2CCCN(S(=O)(=O)N3CCCCC3)C2)C1C. The van der Waals surface area contributed by atoms with Crippen molar-refractivity contribution in [2.45, 2.75) is 71.3 Å². The summed E-state index contributed by atoms with van der Waals surface area (Å²) in [5.41, 5.74) is 0. The molecule has 4 atom stereocenters. The van der Waals surface area contributed by atoms with Crippen LogP contribution in [-0.4, -0.2) is 55.2 Å². The van der Waals surface area contributed by atoms with Gasteiger partial charge in [-0.1, -0.05) is 33.1 Å². The van der Waals surface area contributed by atoms with Gasteiger partial charge in [0.25, 0.3) is 10.2 Å². The van der Waals surface area contributed by atoms with Crippen LogP contribution < -0.4 is 5.32 Å². The van der Waals surface area contributed by atoms with Crippen LogP contribution in [0.5, 0.6) is 0 Å². The molecule has 3 aliphatic rings. The van der Waals surface area contributed by atoms with E-state index in [-0.39, 0.29) is 17.9 Å². The number of carbonyl (C=O) groups excluding carboxylic acids is 1. The number of piperidine rings is 2. The van der Waals surface area contributed by atoms with Crippen LogP contribution in [0.3, 0.4) is 0 Å². The molecule has 26 heavy (non-hydrogen) atoms. The van der Waals surface area contributed by atoms with Gasteiger partial charge < -0.3 is 5.32 Å². The Morgan fingerprint density at radius 1 is 0.885 bits per heavy atom. The van der Waals surface area contributed by atoms with Crippen molar-refractivity contribution in [1.29, 1.82) is 0 Å². The number of rotatable bonds is 4. The smallest absolute Gasteiger partial charge is 0.281 e. The van der Waals surface area contributed by atoms with Crippen LogP contribution in [0.1, 0.15) is 65.2 Å². The van der Waals surface area contributed by atoms with Gasteiger partial charge in [0.05, 0.1) is 5.92 Å². The molecule has 0 spiro atoms. The lowest BCUT2D eigenvalue weighted by Crippen LogP contribution is -2.53. The molecule has 0 aromatic heterocycles. The van der Waals surface area contributed by atoms with Crippen molar-refractivity contribution in [2.75, 3.05) is 26.2 Å². The van der Waals surface area contributed by atoms with E-state index in [4.69, 9.17) is 0 Å². The molecule has 0 aromatic rings. The van der Waals surface area contributed by atoms with E-state index in [1.807, 2.05) is 0 Å². The molecule has 0 bridgehead atoms. The van der Waals surface area contributed by atoms with E-state index >= 15 is 0 Å². The zero-order valence-corrected chi connectivity index (χ0v) is 17.1. The minimum absolute atomic E-state index is 0.0505. The van der Waals surface area contributed by atoms with E-state index < -0.39 is 10.2 Å². The molecule has 3 fully saturated rings. The highest BCUT2D eigenvalue weighted by Crippen LogP contribution is 2.30. The zero-order chi connectivity index (χ0) is 18.7. The maximum absolute atomic E-state index is 12.9. The third-order valence-corrected chi connectivity index (χ3v) is 8.76. The van der Waals surface area contributed by atoms with Crippen LogP contribution in [-0.2, 0) is 15.0 Å². The molecule has 6 nitrogen and oxygen atoms in total. The summed E-state index contributed by atoms with van der Waals surface area (Å²) in [5.74, 6) is 0.961. The molecule has 1 amide bonds. The largest absolute Gasteiger partial charge is 0.353 e. The van der Waals surface area contributed by atoms with Gasteiger partial charge in [-0.05, 0) is 43.9 Å². The van der Waals surface area contributed by atoms with Crippen molar-refractivity contribution >= 4 is 16.1 Å². The Bertz CT molecular complexity index is 589. The summed E-state index contributed by atoms with van der Waals surface area (Å²) in [6.45, 7) is 6.60. The Hall–Kier alpha value is -0.660. The second kappa shape index (κ2) is 8.57. The summed E-state index contributed by atoms with van der Waals surface area (Å²) < 4.78 is 29.0. The molecule has 1 aliphatic carbocycles. The van der Waals surface area contributed by atoms with Crippen LogP contribution in [0.15, 0.2) is 0 Å². The number of hydrogen-bond donors (Lipinski definition) is 1. The fraction of sp³-hybridized carbons (Fsp3) is 0.947. The Balaban J connectivity index is 1.59. The number of nitrogens with zero attached hydrogens (tertiary/aromatic N) is 2. The number of nitrogens with one attached hydrogen (secondary N) is 1. The number of carbonyl (C=O) groups is 1. The summed E-state index contributed by atoms with van der Waals surface area (Å²) in [5, 5.41) is 3.25. The van der Waals surface area contributed by atoms with E-state index in [2.05, 4.69) is 19.2 Å². The first-order chi connectivity index (χ1) is 12.4. The first-order valence-corrected chi connectivity index (χ1v) is 11.8. The van der Waals surface area contributed by atoms with Gasteiger partial charge in [-0.25, -0.2) is 0 Å². The van der Waals surface area contributed by atoms with E-state index in [0.717, 1.165) is 44.9 Å². The average Bonchev–Trinajstić information content (AvgIpc) is 2.66. The standard InChI is InChI=1S/C19H35N3O3S/c1-15-8-6-10-18(16(15)2)20-19(23)17-9-7-13-22(14-17)26(24,25)21-11-4-3-5-12-21/h15-18H,3-14H2,1-2H3,(H,20,23). The topological polar surface area (TPSA) is 69.7 Å². The Kier molecular flexibility index (Phi) is 6.62. The second-order valence-electron chi connectivity index (χ2n) is 8.55. The van der Waals surface area contributed by atoms with Gasteiger partial charge in [-0.2, -0.15) is 17.0 Å². The maximum Gasteiger partial charge on any atom is 0.281 e. The zero-order valence-electron chi connectivity index (χ0n) is 16.3. The van der Waals surface area contributed by atoms with Crippen LogP contribution in [0, 0.1) is 17.8 Å². The first-order valence-electron chi connectivity index (χ1n) is 10.4. The molecule has 1 saturated carbocycles. The molecule has 2 aliphatic heterocycles. The minimum atomic E-state index is -3.42. The monoisotopic (exact) mass is 385 g/mol. The molecule has 2 saturated heterocycles. The average molecular weight is 386 g/mol. The van der Waals surface area contributed by atoms with Gasteiger partial charge in [0.1, 0.15) is 0 Å². The lowest BCUT2D eigenvalue weighted by Gasteiger charge is -2.38. The molecule has 0 radical (unpaired) electrons. The van der Waals surface area contributed by atoms with Gasteiger partial charge in [0, 0.05) is 32.2 Å². The molecule has 150 valence electrons. The van der Waals surface area contributed by atoms with Crippen LogP contribution in [0.2, 0.25) is 0 Å². The molecular weight excluding hydrogens is 350 g/mol. The van der Waals surface area contributed by atoms with Crippen molar-refractivity contribution < 1.29 is 13.2 Å². The van der Waals surface area contributed by atoms with Crippen molar-refractivity contribution in [3.05, 3.63) is 0 Å². The molecule has 3 rings (SSSR count). The van der Waals surface area contributed by atoms with Gasteiger partial charge in [0.15, 0.2) is 0 Å². The summed E-state index contributed by atoms with van der Waals surface area (Å²) in [7, 11) is -3.42. The lowest BCUT2D eigenvalue weighted by atomic mass is 9.78. The van der Waals surface area contributed by atoms with Crippen LogP contribution in [0.4, 0.5) is 0 Å². The third-order valence-electron chi connectivity index (χ3n) is 6.76. The highest BCUT2D eigenvalue weighted by atomic mass is 32.2. The molecular formula is C19H35N3O3S. The summed E-state index contributed by atoms with van der Waals surface area (Å²) in [6, 6.07) is 0.236. The molecule has 4 unspecified atom stereocenters. The number of hydrogen-bond acceptors (Lipinski definition) is 3. The van der Waals surface area contributed by atoms with Gasteiger partial charge in [-0.3, -0.25) is 4.79 Å². The molecule has 0 aromatic carbocycles.